The maximum Gasteiger partial charge on any atom is 0.338 e. The van der Waals surface area contributed by atoms with Gasteiger partial charge in [-0.2, -0.15) is 0 Å². The fourth-order valence-electron chi connectivity index (χ4n) is 2.25. The highest BCUT2D eigenvalue weighted by Crippen LogP contribution is 2.28. The van der Waals surface area contributed by atoms with Crippen molar-refractivity contribution in [2.24, 2.45) is 5.92 Å². The van der Waals surface area contributed by atoms with Gasteiger partial charge < -0.3 is 19.5 Å². The maximum atomic E-state index is 13.5. The number of nitrogens with one attached hydrogen (secondary N) is 1. The minimum absolute atomic E-state index is 0.225. The normalized spacial score (nSPS) is 10.5. The number of ether oxygens (including phenoxy) is 3. The van der Waals surface area contributed by atoms with Crippen molar-refractivity contribution in [1.82, 2.24) is 0 Å². The van der Waals surface area contributed by atoms with Gasteiger partial charge in [-0.3, -0.25) is 4.79 Å². The number of halogens is 1. The summed E-state index contributed by atoms with van der Waals surface area (Å²) in [7, 11) is 1.47. The molecule has 2 rings (SSSR count). The van der Waals surface area contributed by atoms with Gasteiger partial charge in [0.1, 0.15) is 5.82 Å². The molecule has 0 spiro atoms. The Morgan fingerprint density at radius 3 is 2.50 bits per heavy atom. The van der Waals surface area contributed by atoms with E-state index >= 15 is 0 Å². The fourth-order valence-corrected chi connectivity index (χ4v) is 2.25. The minimum Gasteiger partial charge on any atom is -0.493 e. The predicted molar refractivity (Wildman–Crippen MR) is 103 cm³/mol. The lowest BCUT2D eigenvalue weighted by Gasteiger charge is -2.13. The molecule has 7 heteroatoms. The summed E-state index contributed by atoms with van der Waals surface area (Å²) in [5, 5.41) is 2.47. The second-order valence-corrected chi connectivity index (χ2v) is 6.66. The molecule has 0 aromatic heterocycles. The third kappa shape index (κ3) is 5.97. The third-order valence-electron chi connectivity index (χ3n) is 3.76. The smallest absolute Gasteiger partial charge is 0.338 e. The van der Waals surface area contributed by atoms with Crippen molar-refractivity contribution in [2.75, 3.05) is 25.6 Å². The van der Waals surface area contributed by atoms with Crippen LogP contribution in [0.2, 0.25) is 0 Å². The number of amides is 1. The van der Waals surface area contributed by atoms with E-state index in [2.05, 4.69) is 5.32 Å². The van der Waals surface area contributed by atoms with Crippen molar-refractivity contribution < 1.29 is 28.2 Å². The van der Waals surface area contributed by atoms with Gasteiger partial charge in [0.2, 0.25) is 0 Å². The summed E-state index contributed by atoms with van der Waals surface area (Å²) < 4.78 is 29.4. The van der Waals surface area contributed by atoms with Crippen LogP contribution in [0.3, 0.4) is 0 Å². The van der Waals surface area contributed by atoms with Gasteiger partial charge in [0.15, 0.2) is 18.1 Å². The molecule has 6 nitrogen and oxygen atoms in total. The topological polar surface area (TPSA) is 73.9 Å². The first-order valence-electron chi connectivity index (χ1n) is 8.84. The molecule has 0 aliphatic rings. The van der Waals surface area contributed by atoms with Crippen LogP contribution >= 0.6 is 0 Å². The maximum absolute atomic E-state index is 13.5. The Kier molecular flexibility index (Phi) is 7.37. The molecule has 1 N–H and O–H groups in total. The number of rotatable bonds is 8. The van der Waals surface area contributed by atoms with Crippen LogP contribution in [0.15, 0.2) is 36.4 Å². The fraction of sp³-hybridized carbons (Fsp3) is 0.333. The molecular formula is C21H24FNO5. The molecule has 0 saturated carbocycles. The molecule has 28 heavy (non-hydrogen) atoms. The Morgan fingerprint density at radius 2 is 1.86 bits per heavy atom. The molecule has 0 saturated heterocycles. The zero-order valence-corrected chi connectivity index (χ0v) is 16.4. The van der Waals surface area contributed by atoms with E-state index in [1.54, 1.807) is 25.1 Å². The first-order chi connectivity index (χ1) is 13.3. The van der Waals surface area contributed by atoms with Crippen LogP contribution in [-0.2, 0) is 9.53 Å². The molecule has 2 aromatic rings. The number of benzene rings is 2. The Bertz CT molecular complexity index is 851. The minimum atomic E-state index is -0.682. The van der Waals surface area contributed by atoms with Gasteiger partial charge in [-0.25, -0.2) is 9.18 Å². The van der Waals surface area contributed by atoms with Crippen molar-refractivity contribution in [3.63, 3.8) is 0 Å². The van der Waals surface area contributed by atoms with E-state index in [0.717, 1.165) is 0 Å². The second kappa shape index (κ2) is 9.73. The van der Waals surface area contributed by atoms with Gasteiger partial charge in [-0.15, -0.1) is 0 Å². The summed E-state index contributed by atoms with van der Waals surface area (Å²) in [6, 6.07) is 8.97. The lowest BCUT2D eigenvalue weighted by Crippen LogP contribution is -2.21. The lowest BCUT2D eigenvalue weighted by atomic mass is 10.2. The monoisotopic (exact) mass is 389 g/mol. The zero-order chi connectivity index (χ0) is 20.7. The van der Waals surface area contributed by atoms with Crippen LogP contribution in [0.1, 0.15) is 29.8 Å². The van der Waals surface area contributed by atoms with Gasteiger partial charge in [0.05, 0.1) is 19.3 Å². The highest BCUT2D eigenvalue weighted by atomic mass is 19.1. The first-order valence-corrected chi connectivity index (χ1v) is 8.84. The third-order valence-corrected chi connectivity index (χ3v) is 3.76. The molecule has 0 bridgehead atoms. The van der Waals surface area contributed by atoms with Gasteiger partial charge in [0.25, 0.3) is 5.91 Å². The molecule has 0 unspecified atom stereocenters. The summed E-state index contributed by atoms with van der Waals surface area (Å²) >= 11 is 0. The predicted octanol–water partition coefficient (Wildman–Crippen LogP) is 3.97. The number of hydrogen-bond acceptors (Lipinski definition) is 5. The lowest BCUT2D eigenvalue weighted by molar-refractivity contribution is -0.119. The molecule has 0 heterocycles. The van der Waals surface area contributed by atoms with Crippen LogP contribution in [0, 0.1) is 18.7 Å². The van der Waals surface area contributed by atoms with Gasteiger partial charge >= 0.3 is 5.97 Å². The highest BCUT2D eigenvalue weighted by Gasteiger charge is 2.14. The molecular weight excluding hydrogens is 365 g/mol. The molecule has 0 aliphatic carbocycles. The molecule has 0 radical (unpaired) electrons. The summed E-state index contributed by atoms with van der Waals surface area (Å²) in [5.74, 6) is -0.419. The Morgan fingerprint density at radius 1 is 1.11 bits per heavy atom. The Labute approximate surface area is 163 Å². The second-order valence-electron chi connectivity index (χ2n) is 6.66. The number of aryl methyl sites for hydroxylation is 1. The van der Waals surface area contributed by atoms with Gasteiger partial charge in [0, 0.05) is 5.69 Å². The average molecular weight is 389 g/mol. The first kappa shape index (κ1) is 21.2. The summed E-state index contributed by atoms with van der Waals surface area (Å²) in [6.07, 6.45) is 0. The number of esters is 1. The van der Waals surface area contributed by atoms with E-state index in [1.165, 1.54) is 25.3 Å². The highest BCUT2D eigenvalue weighted by molar-refractivity contribution is 5.95. The molecule has 2 aromatic carbocycles. The molecule has 0 atom stereocenters. The van der Waals surface area contributed by atoms with Crippen molar-refractivity contribution in [2.45, 2.75) is 20.8 Å². The van der Waals surface area contributed by atoms with E-state index in [-0.39, 0.29) is 11.3 Å². The molecule has 0 fully saturated rings. The number of methoxy groups -OCH3 is 1. The van der Waals surface area contributed by atoms with Crippen molar-refractivity contribution >= 4 is 17.6 Å². The van der Waals surface area contributed by atoms with Crippen molar-refractivity contribution in [3.05, 3.63) is 53.3 Å². The quantitative estimate of drug-likeness (QED) is 0.692. The van der Waals surface area contributed by atoms with Crippen molar-refractivity contribution in [1.29, 1.82) is 0 Å². The summed E-state index contributed by atoms with van der Waals surface area (Å²) in [4.78, 5) is 24.1. The van der Waals surface area contributed by atoms with Crippen LogP contribution in [-0.4, -0.2) is 32.2 Å². The zero-order valence-electron chi connectivity index (χ0n) is 16.4. The standard InChI is InChI=1S/C21H24FNO5/c1-13(2)11-27-18-8-6-15(9-19(18)26-4)21(25)28-12-20(24)23-16-7-5-14(3)17(22)10-16/h5-10,13H,11-12H2,1-4H3,(H,23,24). The van der Waals surface area contributed by atoms with E-state index in [1.807, 2.05) is 13.8 Å². The van der Waals surface area contributed by atoms with E-state index in [0.29, 0.717) is 29.6 Å². The van der Waals surface area contributed by atoms with E-state index in [4.69, 9.17) is 14.2 Å². The van der Waals surface area contributed by atoms with E-state index in [9.17, 15) is 14.0 Å². The number of carbonyl (C=O) groups is 2. The van der Waals surface area contributed by atoms with Crippen LogP contribution in [0.5, 0.6) is 11.5 Å². The molecule has 0 aliphatic heterocycles. The number of hydrogen-bond donors (Lipinski definition) is 1. The largest absolute Gasteiger partial charge is 0.493 e. The summed E-state index contributed by atoms with van der Waals surface area (Å²) in [5.41, 5.74) is 0.986. The van der Waals surface area contributed by atoms with Gasteiger partial charge in [-0.1, -0.05) is 19.9 Å². The van der Waals surface area contributed by atoms with Crippen molar-refractivity contribution in [3.8, 4) is 11.5 Å². The van der Waals surface area contributed by atoms with Crippen LogP contribution in [0.25, 0.3) is 0 Å². The molecule has 150 valence electrons. The number of carbonyl (C=O) groups excluding carboxylic acids is 2. The van der Waals surface area contributed by atoms with Gasteiger partial charge in [-0.05, 0) is 48.7 Å². The summed E-state index contributed by atoms with van der Waals surface area (Å²) in [6.45, 7) is 5.68. The van der Waals surface area contributed by atoms with Crippen LogP contribution in [0.4, 0.5) is 10.1 Å². The van der Waals surface area contributed by atoms with E-state index < -0.39 is 24.3 Å². The van der Waals surface area contributed by atoms with Crippen LogP contribution < -0.4 is 14.8 Å². The number of anilines is 1. The average Bonchev–Trinajstić information content (AvgIpc) is 2.67. The molecule has 1 amide bonds. The Balaban J connectivity index is 1.94. The Hall–Kier alpha value is -3.09. The SMILES string of the molecule is COc1cc(C(=O)OCC(=O)Nc2ccc(C)c(F)c2)ccc1OCC(C)C.